The van der Waals surface area contributed by atoms with Gasteiger partial charge in [-0.2, -0.15) is 0 Å². The summed E-state index contributed by atoms with van der Waals surface area (Å²) in [6, 6.07) is 30.8. The first-order chi connectivity index (χ1) is 19.8. The van der Waals surface area contributed by atoms with Crippen LogP contribution in [-0.4, -0.2) is 28.3 Å². The maximum absolute atomic E-state index is 13.2. The molecule has 7 heteroatoms. The fourth-order valence-corrected chi connectivity index (χ4v) is 4.52. The van der Waals surface area contributed by atoms with Crippen LogP contribution in [0, 0.1) is 12.7 Å². The zero-order chi connectivity index (χ0) is 28.8. The number of carbonyl (C=O) groups is 1. The fraction of sp³-hybridized carbons (Fsp3) is 0.176. The van der Waals surface area contributed by atoms with E-state index in [1.54, 1.807) is 12.1 Å². The average molecular weight is 552 g/mol. The standard InChI is InChI=1S/C34H30FNO5/c1-23-31(36-32(40-23)27-10-6-9-26(21-27)25-7-4-3-5-8-25)19-20-39-29-15-11-24(12-16-29)22-34(2,33(37)38)41-30-17-13-28(35)14-18-30/h3-18,21H,19-20,22H2,1-2H3,(H,37,38). The monoisotopic (exact) mass is 551 g/mol. The van der Waals surface area contributed by atoms with Crippen molar-refractivity contribution in [3.8, 4) is 34.1 Å². The second kappa shape index (κ2) is 12.1. The van der Waals surface area contributed by atoms with Gasteiger partial charge in [-0.3, -0.25) is 0 Å². The van der Waals surface area contributed by atoms with Gasteiger partial charge in [-0.05, 0) is 79.1 Å². The first-order valence-corrected chi connectivity index (χ1v) is 13.3. The highest BCUT2D eigenvalue weighted by Crippen LogP contribution is 2.28. The SMILES string of the molecule is Cc1oc(-c2cccc(-c3ccccc3)c2)nc1CCOc1ccc(CC(C)(Oc2ccc(F)cc2)C(=O)O)cc1. The Labute approximate surface area is 238 Å². The Kier molecular flexibility index (Phi) is 8.15. The molecule has 1 atom stereocenters. The van der Waals surface area contributed by atoms with Crippen LogP contribution in [0.1, 0.15) is 23.9 Å². The fourth-order valence-electron chi connectivity index (χ4n) is 4.52. The number of aromatic nitrogens is 1. The van der Waals surface area contributed by atoms with E-state index >= 15 is 0 Å². The van der Waals surface area contributed by atoms with Crippen molar-refractivity contribution in [2.45, 2.75) is 32.3 Å². The number of aliphatic carboxylic acids is 1. The zero-order valence-electron chi connectivity index (χ0n) is 22.8. The Morgan fingerprint density at radius 3 is 2.24 bits per heavy atom. The molecule has 0 aliphatic carbocycles. The summed E-state index contributed by atoms with van der Waals surface area (Å²) >= 11 is 0. The molecule has 5 rings (SSSR count). The van der Waals surface area contributed by atoms with Crippen molar-refractivity contribution < 1.29 is 28.2 Å². The lowest BCUT2D eigenvalue weighted by Gasteiger charge is -2.26. The van der Waals surface area contributed by atoms with Gasteiger partial charge in [0.1, 0.15) is 23.1 Å². The zero-order valence-corrected chi connectivity index (χ0v) is 22.8. The largest absolute Gasteiger partial charge is 0.493 e. The molecule has 1 aromatic heterocycles. The molecule has 41 heavy (non-hydrogen) atoms. The molecule has 0 amide bonds. The lowest BCUT2D eigenvalue weighted by Crippen LogP contribution is -2.43. The third-order valence-electron chi connectivity index (χ3n) is 6.79. The van der Waals surface area contributed by atoms with Gasteiger partial charge < -0.3 is 19.0 Å². The molecule has 1 unspecified atom stereocenters. The van der Waals surface area contributed by atoms with Crippen molar-refractivity contribution in [3.05, 3.63) is 126 Å². The summed E-state index contributed by atoms with van der Waals surface area (Å²) in [6.45, 7) is 3.79. The Bertz CT molecular complexity index is 1610. The molecule has 0 saturated carbocycles. The number of benzene rings is 4. The average Bonchev–Trinajstić information content (AvgIpc) is 3.36. The van der Waals surface area contributed by atoms with E-state index in [-0.39, 0.29) is 12.2 Å². The number of halogens is 1. The van der Waals surface area contributed by atoms with E-state index in [2.05, 4.69) is 24.3 Å². The molecule has 6 nitrogen and oxygen atoms in total. The molecule has 5 aromatic rings. The molecule has 0 aliphatic rings. The molecule has 1 N–H and O–H groups in total. The number of ether oxygens (including phenoxy) is 2. The van der Waals surface area contributed by atoms with E-state index in [4.69, 9.17) is 18.9 Å². The Morgan fingerprint density at radius 2 is 1.54 bits per heavy atom. The number of nitrogens with zero attached hydrogens (tertiary/aromatic N) is 1. The molecule has 0 bridgehead atoms. The van der Waals surface area contributed by atoms with Crippen LogP contribution in [-0.2, 0) is 17.6 Å². The number of hydrogen-bond donors (Lipinski definition) is 1. The minimum absolute atomic E-state index is 0.117. The van der Waals surface area contributed by atoms with Crippen molar-refractivity contribution in [2.24, 2.45) is 0 Å². The molecular formula is C34H30FNO5. The van der Waals surface area contributed by atoms with Crippen LogP contribution >= 0.6 is 0 Å². The van der Waals surface area contributed by atoms with E-state index in [0.29, 0.717) is 24.7 Å². The van der Waals surface area contributed by atoms with Gasteiger partial charge in [-0.25, -0.2) is 14.2 Å². The van der Waals surface area contributed by atoms with E-state index in [0.717, 1.165) is 33.7 Å². The van der Waals surface area contributed by atoms with Gasteiger partial charge >= 0.3 is 5.97 Å². The van der Waals surface area contributed by atoms with Crippen LogP contribution in [0.25, 0.3) is 22.6 Å². The Morgan fingerprint density at radius 1 is 0.878 bits per heavy atom. The lowest BCUT2D eigenvalue weighted by atomic mass is 9.96. The van der Waals surface area contributed by atoms with Crippen molar-refractivity contribution in [3.63, 3.8) is 0 Å². The first-order valence-electron chi connectivity index (χ1n) is 13.3. The summed E-state index contributed by atoms with van der Waals surface area (Å²) in [4.78, 5) is 16.7. The van der Waals surface area contributed by atoms with Gasteiger partial charge in [0.25, 0.3) is 0 Å². The highest BCUT2D eigenvalue weighted by atomic mass is 19.1. The second-order valence-electron chi connectivity index (χ2n) is 9.98. The molecule has 0 fully saturated rings. The highest BCUT2D eigenvalue weighted by Gasteiger charge is 2.36. The maximum atomic E-state index is 13.2. The predicted octanol–water partition coefficient (Wildman–Crippen LogP) is 7.54. The summed E-state index contributed by atoms with van der Waals surface area (Å²) in [6.07, 6.45) is 0.685. The molecule has 0 aliphatic heterocycles. The van der Waals surface area contributed by atoms with Gasteiger partial charge in [0.05, 0.1) is 12.3 Å². The topological polar surface area (TPSA) is 81.8 Å². The summed E-state index contributed by atoms with van der Waals surface area (Å²) in [5.41, 5.74) is 3.21. The summed E-state index contributed by atoms with van der Waals surface area (Å²) in [5, 5.41) is 9.81. The van der Waals surface area contributed by atoms with Gasteiger partial charge in [0.2, 0.25) is 11.5 Å². The van der Waals surface area contributed by atoms with Crippen LogP contribution in [0.4, 0.5) is 4.39 Å². The number of hydrogen-bond acceptors (Lipinski definition) is 5. The third-order valence-corrected chi connectivity index (χ3v) is 6.79. The normalized spacial score (nSPS) is 12.5. The Hall–Kier alpha value is -4.91. The van der Waals surface area contributed by atoms with E-state index in [1.165, 1.54) is 31.2 Å². The van der Waals surface area contributed by atoms with Gasteiger partial charge in [0, 0.05) is 18.4 Å². The van der Waals surface area contributed by atoms with Crippen LogP contribution in [0.2, 0.25) is 0 Å². The lowest BCUT2D eigenvalue weighted by molar-refractivity contribution is -0.153. The van der Waals surface area contributed by atoms with Crippen molar-refractivity contribution in [2.75, 3.05) is 6.61 Å². The molecule has 1 heterocycles. The first kappa shape index (κ1) is 27.6. The number of oxazole rings is 1. The Balaban J connectivity index is 1.19. The number of carboxylic acids is 1. The summed E-state index contributed by atoms with van der Waals surface area (Å²) in [5.74, 6) is 0.727. The minimum Gasteiger partial charge on any atom is -0.493 e. The summed E-state index contributed by atoms with van der Waals surface area (Å²) in [7, 11) is 0. The van der Waals surface area contributed by atoms with E-state index in [9.17, 15) is 14.3 Å². The van der Waals surface area contributed by atoms with Crippen molar-refractivity contribution >= 4 is 5.97 Å². The number of aryl methyl sites for hydroxylation is 1. The molecule has 4 aromatic carbocycles. The number of carboxylic acid groups (broad SMARTS) is 1. The van der Waals surface area contributed by atoms with Gasteiger partial charge in [-0.15, -0.1) is 0 Å². The molecule has 0 spiro atoms. The van der Waals surface area contributed by atoms with Crippen LogP contribution in [0.5, 0.6) is 11.5 Å². The van der Waals surface area contributed by atoms with Crippen molar-refractivity contribution in [1.82, 2.24) is 4.98 Å². The predicted molar refractivity (Wildman–Crippen MR) is 155 cm³/mol. The molecular weight excluding hydrogens is 521 g/mol. The van der Waals surface area contributed by atoms with Crippen molar-refractivity contribution in [1.29, 1.82) is 0 Å². The summed E-state index contributed by atoms with van der Waals surface area (Å²) < 4.78 is 30.9. The van der Waals surface area contributed by atoms with Gasteiger partial charge in [0.15, 0.2) is 0 Å². The minimum atomic E-state index is -1.52. The van der Waals surface area contributed by atoms with Crippen LogP contribution in [0.15, 0.2) is 108 Å². The van der Waals surface area contributed by atoms with Crippen LogP contribution < -0.4 is 9.47 Å². The highest BCUT2D eigenvalue weighted by molar-refractivity contribution is 5.78. The molecule has 0 radical (unpaired) electrons. The second-order valence-corrected chi connectivity index (χ2v) is 9.98. The quantitative estimate of drug-likeness (QED) is 0.183. The van der Waals surface area contributed by atoms with E-state index in [1.807, 2.05) is 49.4 Å². The molecule has 0 saturated heterocycles. The van der Waals surface area contributed by atoms with E-state index < -0.39 is 17.4 Å². The number of rotatable bonds is 11. The van der Waals surface area contributed by atoms with Gasteiger partial charge in [-0.1, -0.05) is 54.6 Å². The van der Waals surface area contributed by atoms with Crippen LogP contribution in [0.3, 0.4) is 0 Å². The maximum Gasteiger partial charge on any atom is 0.348 e. The smallest absolute Gasteiger partial charge is 0.348 e. The third kappa shape index (κ3) is 6.81. The molecule has 208 valence electrons.